The maximum atomic E-state index is 13.8. The highest BCUT2D eigenvalue weighted by molar-refractivity contribution is 5.97. The molecule has 0 spiro atoms. The van der Waals surface area contributed by atoms with Crippen LogP contribution in [0.25, 0.3) is 0 Å². The molecule has 1 aliphatic rings. The number of hydrogen-bond acceptors (Lipinski definition) is 4. The van der Waals surface area contributed by atoms with Crippen LogP contribution in [0.15, 0.2) is 23.4 Å². The van der Waals surface area contributed by atoms with Crippen molar-refractivity contribution in [1.29, 1.82) is 0 Å². The zero-order chi connectivity index (χ0) is 13.9. The third-order valence-electron chi connectivity index (χ3n) is 3.56. The van der Waals surface area contributed by atoms with Crippen LogP contribution in [-0.4, -0.2) is 29.3 Å². The number of oxime groups is 1. The van der Waals surface area contributed by atoms with E-state index in [1.54, 1.807) is 12.1 Å². The number of aliphatic hydroxyl groups excluding tert-OH is 1. The van der Waals surface area contributed by atoms with Crippen molar-refractivity contribution in [2.45, 2.75) is 19.4 Å². The van der Waals surface area contributed by atoms with Crippen LogP contribution in [0.5, 0.6) is 0 Å². The van der Waals surface area contributed by atoms with Crippen LogP contribution >= 0.6 is 0 Å². The second-order valence-corrected chi connectivity index (χ2v) is 5.05. The van der Waals surface area contributed by atoms with Crippen molar-refractivity contribution in [3.63, 3.8) is 0 Å². The van der Waals surface area contributed by atoms with Gasteiger partial charge in [0.2, 0.25) is 0 Å². The number of benzene rings is 1. The van der Waals surface area contributed by atoms with Gasteiger partial charge in [-0.1, -0.05) is 17.3 Å². The van der Waals surface area contributed by atoms with Crippen LogP contribution in [0, 0.1) is 11.2 Å². The van der Waals surface area contributed by atoms with Crippen LogP contribution in [0.1, 0.15) is 24.0 Å². The Labute approximate surface area is 110 Å². The molecule has 1 fully saturated rings. The van der Waals surface area contributed by atoms with E-state index in [0.29, 0.717) is 24.2 Å². The molecule has 1 saturated carbocycles. The predicted octanol–water partition coefficient (Wildman–Crippen LogP) is 0.782. The van der Waals surface area contributed by atoms with E-state index < -0.39 is 5.82 Å². The standard InChI is InChI=1S/C13H18FN3O2/c14-11-5-9(12(15)17-19)1-2-10(11)6-16-7-13(8-18)3-4-13/h1-2,5,16,18-19H,3-4,6-8H2,(H2,15,17). The summed E-state index contributed by atoms with van der Waals surface area (Å²) >= 11 is 0. The molecule has 2 rings (SSSR count). The zero-order valence-corrected chi connectivity index (χ0v) is 10.6. The third kappa shape index (κ3) is 3.21. The second-order valence-electron chi connectivity index (χ2n) is 5.05. The number of halogens is 1. The Morgan fingerprint density at radius 3 is 2.74 bits per heavy atom. The van der Waals surface area contributed by atoms with Gasteiger partial charge in [0, 0.05) is 36.2 Å². The minimum Gasteiger partial charge on any atom is -0.409 e. The van der Waals surface area contributed by atoms with Crippen molar-refractivity contribution >= 4 is 5.84 Å². The van der Waals surface area contributed by atoms with E-state index in [9.17, 15) is 4.39 Å². The van der Waals surface area contributed by atoms with Gasteiger partial charge in [-0.2, -0.15) is 0 Å². The summed E-state index contributed by atoms with van der Waals surface area (Å²) in [5.74, 6) is -0.513. The Balaban J connectivity index is 1.94. The molecule has 19 heavy (non-hydrogen) atoms. The van der Waals surface area contributed by atoms with Gasteiger partial charge in [-0.05, 0) is 18.9 Å². The third-order valence-corrected chi connectivity index (χ3v) is 3.56. The second kappa shape index (κ2) is 5.54. The summed E-state index contributed by atoms with van der Waals surface area (Å²) in [7, 11) is 0. The Morgan fingerprint density at radius 1 is 1.47 bits per heavy atom. The van der Waals surface area contributed by atoms with Crippen LogP contribution in [0.2, 0.25) is 0 Å². The lowest BCUT2D eigenvalue weighted by atomic mass is 10.1. The maximum Gasteiger partial charge on any atom is 0.170 e. The van der Waals surface area contributed by atoms with E-state index in [4.69, 9.17) is 16.0 Å². The number of nitrogens with zero attached hydrogens (tertiary/aromatic N) is 1. The average molecular weight is 267 g/mol. The molecule has 0 aromatic heterocycles. The smallest absolute Gasteiger partial charge is 0.170 e. The van der Waals surface area contributed by atoms with Gasteiger partial charge in [0.1, 0.15) is 5.82 Å². The lowest BCUT2D eigenvalue weighted by Gasteiger charge is -2.13. The van der Waals surface area contributed by atoms with Crippen molar-refractivity contribution in [2.24, 2.45) is 16.3 Å². The zero-order valence-electron chi connectivity index (χ0n) is 10.6. The topological polar surface area (TPSA) is 90.9 Å². The summed E-state index contributed by atoms with van der Waals surface area (Å²) in [6, 6.07) is 4.45. The van der Waals surface area contributed by atoms with E-state index >= 15 is 0 Å². The summed E-state index contributed by atoms with van der Waals surface area (Å²) in [5, 5.41) is 23.7. The lowest BCUT2D eigenvalue weighted by molar-refractivity contribution is 0.207. The maximum absolute atomic E-state index is 13.8. The van der Waals surface area contributed by atoms with Crippen molar-refractivity contribution in [1.82, 2.24) is 5.32 Å². The lowest BCUT2D eigenvalue weighted by Crippen LogP contribution is -2.26. The Kier molecular flexibility index (Phi) is 4.01. The molecule has 104 valence electrons. The number of aliphatic hydroxyl groups is 1. The Morgan fingerprint density at radius 2 is 2.21 bits per heavy atom. The molecule has 0 atom stereocenters. The first kappa shape index (κ1) is 13.8. The SMILES string of the molecule is N/C(=N/O)c1ccc(CNCC2(CO)CC2)c(F)c1. The van der Waals surface area contributed by atoms with Gasteiger partial charge >= 0.3 is 0 Å². The minimum absolute atomic E-state index is 0.00436. The largest absolute Gasteiger partial charge is 0.409 e. The fourth-order valence-corrected chi connectivity index (χ4v) is 1.94. The molecule has 5 nitrogen and oxygen atoms in total. The number of nitrogens with two attached hydrogens (primary N) is 1. The molecule has 0 radical (unpaired) electrons. The fourth-order valence-electron chi connectivity index (χ4n) is 1.94. The number of hydrogen-bond donors (Lipinski definition) is 4. The Bertz CT molecular complexity index is 487. The summed E-state index contributed by atoms with van der Waals surface area (Å²) in [5.41, 5.74) is 6.25. The normalized spacial score (nSPS) is 17.5. The summed E-state index contributed by atoms with van der Waals surface area (Å²) in [6.45, 7) is 1.25. The summed E-state index contributed by atoms with van der Waals surface area (Å²) in [4.78, 5) is 0. The molecule has 1 aromatic rings. The molecule has 0 amide bonds. The predicted molar refractivity (Wildman–Crippen MR) is 69.4 cm³/mol. The molecule has 0 aliphatic heterocycles. The van der Waals surface area contributed by atoms with Crippen LogP contribution in [-0.2, 0) is 6.54 Å². The highest BCUT2D eigenvalue weighted by Gasteiger charge is 2.41. The van der Waals surface area contributed by atoms with Crippen molar-refractivity contribution in [3.8, 4) is 0 Å². The van der Waals surface area contributed by atoms with Crippen molar-refractivity contribution in [3.05, 3.63) is 35.1 Å². The van der Waals surface area contributed by atoms with Crippen LogP contribution in [0.3, 0.4) is 0 Å². The quantitative estimate of drug-likeness (QED) is 0.265. The van der Waals surface area contributed by atoms with Gasteiger partial charge in [0.05, 0.1) is 0 Å². The molecule has 0 saturated heterocycles. The molecular weight excluding hydrogens is 249 g/mol. The van der Waals surface area contributed by atoms with Gasteiger partial charge in [0.15, 0.2) is 5.84 Å². The highest BCUT2D eigenvalue weighted by Crippen LogP contribution is 2.44. The average Bonchev–Trinajstić information content (AvgIpc) is 3.20. The first-order valence-electron chi connectivity index (χ1n) is 6.18. The van der Waals surface area contributed by atoms with Gasteiger partial charge < -0.3 is 21.4 Å². The van der Waals surface area contributed by atoms with Crippen molar-refractivity contribution < 1.29 is 14.7 Å². The minimum atomic E-state index is -0.398. The highest BCUT2D eigenvalue weighted by atomic mass is 19.1. The van der Waals surface area contributed by atoms with Gasteiger partial charge in [-0.3, -0.25) is 0 Å². The number of nitrogens with one attached hydrogen (secondary N) is 1. The molecular formula is C13H18FN3O2. The molecule has 5 N–H and O–H groups in total. The van der Waals surface area contributed by atoms with E-state index in [1.165, 1.54) is 6.07 Å². The number of rotatable bonds is 6. The first-order valence-corrected chi connectivity index (χ1v) is 6.18. The summed E-state index contributed by atoms with van der Waals surface area (Å²) < 4.78 is 13.8. The summed E-state index contributed by atoms with van der Waals surface area (Å²) in [6.07, 6.45) is 2.03. The van der Waals surface area contributed by atoms with Crippen LogP contribution < -0.4 is 11.1 Å². The monoisotopic (exact) mass is 267 g/mol. The first-order chi connectivity index (χ1) is 9.10. The van der Waals surface area contributed by atoms with Gasteiger partial charge in [-0.25, -0.2) is 4.39 Å². The molecule has 1 aromatic carbocycles. The fraction of sp³-hybridized carbons (Fsp3) is 0.462. The van der Waals surface area contributed by atoms with E-state index in [-0.39, 0.29) is 17.9 Å². The van der Waals surface area contributed by atoms with E-state index in [1.807, 2.05) is 0 Å². The number of amidine groups is 1. The Hall–Kier alpha value is -1.66. The molecule has 0 unspecified atom stereocenters. The van der Waals surface area contributed by atoms with Gasteiger partial charge in [-0.15, -0.1) is 0 Å². The molecule has 0 bridgehead atoms. The van der Waals surface area contributed by atoms with E-state index in [2.05, 4.69) is 10.5 Å². The molecule has 1 aliphatic carbocycles. The molecule has 0 heterocycles. The van der Waals surface area contributed by atoms with E-state index in [0.717, 1.165) is 12.8 Å². The van der Waals surface area contributed by atoms with Crippen molar-refractivity contribution in [2.75, 3.05) is 13.2 Å². The van der Waals surface area contributed by atoms with Gasteiger partial charge in [0.25, 0.3) is 0 Å². The van der Waals surface area contributed by atoms with Crippen LogP contribution in [0.4, 0.5) is 4.39 Å². The molecule has 6 heteroatoms.